The predicted octanol–water partition coefficient (Wildman–Crippen LogP) is 2.26. The number of anilines is 1. The molecule has 0 amide bonds. The van der Waals surface area contributed by atoms with Crippen molar-refractivity contribution in [1.29, 1.82) is 5.26 Å². The summed E-state index contributed by atoms with van der Waals surface area (Å²) in [6.45, 7) is 4.53. The fourth-order valence-corrected chi connectivity index (χ4v) is 3.40. The monoisotopic (exact) mass is 363 g/mol. The van der Waals surface area contributed by atoms with Gasteiger partial charge >= 0.3 is 0 Å². The van der Waals surface area contributed by atoms with Gasteiger partial charge in [0.05, 0.1) is 26.2 Å². The number of benzene rings is 2. The maximum atomic E-state index is 13.1. The minimum Gasteiger partial charge on any atom is -0.419 e. The Labute approximate surface area is 157 Å². The lowest BCUT2D eigenvalue weighted by Crippen LogP contribution is -3.13. The molecule has 2 aromatic carbocycles. The van der Waals surface area contributed by atoms with Crippen LogP contribution in [0.3, 0.4) is 0 Å². The number of quaternary nitrogens is 1. The lowest BCUT2D eigenvalue weighted by Gasteiger charge is -2.31. The van der Waals surface area contributed by atoms with E-state index in [9.17, 15) is 9.65 Å². The van der Waals surface area contributed by atoms with Gasteiger partial charge in [-0.3, -0.25) is 0 Å². The summed E-state index contributed by atoms with van der Waals surface area (Å²) in [6, 6.07) is 18.5. The quantitative estimate of drug-likeness (QED) is 0.773. The number of nitriles is 1. The topological polar surface area (TPSA) is 57.5 Å². The molecule has 136 valence electrons. The van der Waals surface area contributed by atoms with Crippen molar-refractivity contribution < 1.29 is 13.7 Å². The summed E-state index contributed by atoms with van der Waals surface area (Å²) in [5.74, 6) is 0.541. The molecule has 2 heterocycles. The first kappa shape index (κ1) is 17.3. The minimum absolute atomic E-state index is 0.279. The summed E-state index contributed by atoms with van der Waals surface area (Å²) in [7, 11) is 0. The van der Waals surface area contributed by atoms with Gasteiger partial charge in [-0.25, -0.2) is 4.39 Å². The minimum atomic E-state index is -0.316. The molecule has 0 unspecified atom stereocenters. The van der Waals surface area contributed by atoms with Gasteiger partial charge in [0.15, 0.2) is 0 Å². The van der Waals surface area contributed by atoms with Gasteiger partial charge in [-0.05, 0) is 24.3 Å². The average molecular weight is 363 g/mol. The Morgan fingerprint density at radius 2 is 1.78 bits per heavy atom. The zero-order chi connectivity index (χ0) is 18.6. The Morgan fingerprint density at radius 3 is 2.44 bits per heavy atom. The molecule has 4 rings (SSSR count). The Hall–Kier alpha value is -3.17. The Kier molecular flexibility index (Phi) is 4.86. The fourth-order valence-electron chi connectivity index (χ4n) is 3.40. The number of hydrogen-bond acceptors (Lipinski definition) is 4. The fraction of sp³-hybridized carbons (Fsp3) is 0.238. The van der Waals surface area contributed by atoms with E-state index in [1.807, 2.05) is 6.07 Å². The predicted molar refractivity (Wildman–Crippen MR) is 99.7 cm³/mol. The number of oxazole rings is 1. The van der Waals surface area contributed by atoms with E-state index in [2.05, 4.69) is 40.2 Å². The smallest absolute Gasteiger partial charge is 0.235 e. The number of aromatic nitrogens is 1. The highest BCUT2D eigenvalue weighted by molar-refractivity contribution is 5.59. The van der Waals surface area contributed by atoms with Gasteiger partial charge in [-0.2, -0.15) is 10.2 Å². The number of hydrogen-bond donors (Lipinski definition) is 1. The van der Waals surface area contributed by atoms with Crippen LogP contribution in [0.15, 0.2) is 59.0 Å². The molecule has 0 bridgehead atoms. The third-order valence-electron chi connectivity index (χ3n) is 4.86. The lowest BCUT2D eigenvalue weighted by atomic mass is 10.2. The highest BCUT2D eigenvalue weighted by Gasteiger charge is 2.26. The van der Waals surface area contributed by atoms with Crippen LogP contribution in [0, 0.1) is 17.1 Å². The summed E-state index contributed by atoms with van der Waals surface area (Å²) < 4.78 is 19.0. The summed E-state index contributed by atoms with van der Waals surface area (Å²) >= 11 is 0. The molecule has 1 N–H and O–H groups in total. The number of piperazine rings is 1. The van der Waals surface area contributed by atoms with Gasteiger partial charge < -0.3 is 14.2 Å². The van der Waals surface area contributed by atoms with Crippen LogP contribution in [0.4, 0.5) is 10.3 Å². The van der Waals surface area contributed by atoms with Crippen LogP contribution in [0.25, 0.3) is 11.5 Å². The number of rotatable bonds is 4. The summed E-state index contributed by atoms with van der Waals surface area (Å²) in [6.07, 6.45) is 0. The molecule has 1 aliphatic rings. The summed E-state index contributed by atoms with van der Waals surface area (Å²) in [4.78, 5) is 7.88. The average Bonchev–Trinajstić information content (AvgIpc) is 3.14. The van der Waals surface area contributed by atoms with E-state index in [0.717, 1.165) is 32.7 Å². The van der Waals surface area contributed by atoms with Crippen molar-refractivity contribution in [1.82, 2.24) is 4.98 Å². The molecule has 0 spiro atoms. The molecule has 1 aliphatic heterocycles. The van der Waals surface area contributed by atoms with Crippen molar-refractivity contribution in [3.8, 4) is 17.5 Å². The molecule has 6 heteroatoms. The molecule has 0 saturated carbocycles. The van der Waals surface area contributed by atoms with E-state index in [-0.39, 0.29) is 11.5 Å². The van der Waals surface area contributed by atoms with Crippen molar-refractivity contribution in [3.05, 3.63) is 71.7 Å². The first-order chi connectivity index (χ1) is 13.2. The summed E-state index contributed by atoms with van der Waals surface area (Å²) in [5, 5.41) is 9.44. The molecular formula is C21H20FN4O+. The van der Waals surface area contributed by atoms with Crippen molar-refractivity contribution in [2.45, 2.75) is 6.54 Å². The van der Waals surface area contributed by atoms with Crippen LogP contribution in [0.2, 0.25) is 0 Å². The van der Waals surface area contributed by atoms with E-state index in [0.29, 0.717) is 17.3 Å². The van der Waals surface area contributed by atoms with Crippen LogP contribution in [0.5, 0.6) is 0 Å². The second-order valence-corrected chi connectivity index (χ2v) is 6.69. The largest absolute Gasteiger partial charge is 0.419 e. The number of halogens is 1. The van der Waals surface area contributed by atoms with Gasteiger partial charge in [0.1, 0.15) is 18.4 Å². The Bertz CT molecular complexity index is 939. The van der Waals surface area contributed by atoms with Gasteiger partial charge in [0.25, 0.3) is 0 Å². The van der Waals surface area contributed by atoms with Gasteiger partial charge in [-0.15, -0.1) is 0 Å². The SMILES string of the molecule is N#Cc1nc(-c2ccc(F)cc2)oc1N1CC[NH+](Cc2ccccc2)CC1. The van der Waals surface area contributed by atoms with Gasteiger partial charge in [0, 0.05) is 11.1 Å². The van der Waals surface area contributed by atoms with Crippen molar-refractivity contribution in [2.24, 2.45) is 0 Å². The molecular weight excluding hydrogens is 343 g/mol. The van der Waals surface area contributed by atoms with E-state index in [1.54, 1.807) is 12.1 Å². The molecule has 1 aromatic heterocycles. The molecule has 0 radical (unpaired) electrons. The van der Waals surface area contributed by atoms with E-state index >= 15 is 0 Å². The molecule has 1 saturated heterocycles. The normalized spacial score (nSPS) is 14.9. The highest BCUT2D eigenvalue weighted by Crippen LogP contribution is 2.28. The van der Waals surface area contributed by atoms with Crippen LogP contribution >= 0.6 is 0 Å². The molecule has 27 heavy (non-hydrogen) atoms. The highest BCUT2D eigenvalue weighted by atomic mass is 19.1. The Morgan fingerprint density at radius 1 is 1.07 bits per heavy atom. The molecule has 1 fully saturated rings. The van der Waals surface area contributed by atoms with Crippen LogP contribution in [0.1, 0.15) is 11.3 Å². The van der Waals surface area contributed by atoms with E-state index < -0.39 is 0 Å². The van der Waals surface area contributed by atoms with Crippen molar-refractivity contribution in [2.75, 3.05) is 31.1 Å². The second kappa shape index (κ2) is 7.60. The molecule has 0 atom stereocenters. The first-order valence-electron chi connectivity index (χ1n) is 9.02. The van der Waals surface area contributed by atoms with Crippen molar-refractivity contribution in [3.63, 3.8) is 0 Å². The third kappa shape index (κ3) is 3.83. The zero-order valence-corrected chi connectivity index (χ0v) is 14.9. The van der Waals surface area contributed by atoms with Crippen LogP contribution < -0.4 is 9.80 Å². The molecule has 3 aromatic rings. The lowest BCUT2D eigenvalue weighted by molar-refractivity contribution is -0.914. The van der Waals surface area contributed by atoms with Crippen molar-refractivity contribution >= 4 is 5.88 Å². The summed E-state index contributed by atoms with van der Waals surface area (Å²) in [5.41, 5.74) is 2.27. The van der Waals surface area contributed by atoms with Crippen LogP contribution in [-0.4, -0.2) is 31.2 Å². The zero-order valence-electron chi connectivity index (χ0n) is 14.9. The number of nitrogens with zero attached hydrogens (tertiary/aromatic N) is 3. The van der Waals surface area contributed by atoms with E-state index in [1.165, 1.54) is 22.6 Å². The standard InChI is InChI=1S/C21H19FN4O/c22-18-8-6-17(7-9-18)20-24-19(14-23)21(27-20)26-12-10-25(11-13-26)15-16-4-2-1-3-5-16/h1-9H,10-13,15H2/p+1. The second-order valence-electron chi connectivity index (χ2n) is 6.69. The van der Waals surface area contributed by atoms with E-state index in [4.69, 9.17) is 4.42 Å². The molecule has 5 nitrogen and oxygen atoms in total. The number of nitrogens with one attached hydrogen (secondary N) is 1. The molecule has 0 aliphatic carbocycles. The van der Waals surface area contributed by atoms with Crippen LogP contribution in [-0.2, 0) is 6.54 Å². The maximum Gasteiger partial charge on any atom is 0.235 e. The maximum absolute atomic E-state index is 13.1. The first-order valence-corrected chi connectivity index (χ1v) is 9.02. The third-order valence-corrected chi connectivity index (χ3v) is 4.86. The van der Waals surface area contributed by atoms with Gasteiger partial charge in [-0.1, -0.05) is 30.3 Å². The Balaban J connectivity index is 1.46. The van der Waals surface area contributed by atoms with Gasteiger partial charge in [0.2, 0.25) is 17.5 Å².